The molecule has 0 spiro atoms. The van der Waals surface area contributed by atoms with E-state index in [1.165, 1.54) is 7.11 Å². The van der Waals surface area contributed by atoms with Crippen LogP contribution in [-0.4, -0.2) is 19.7 Å². The molecule has 1 aliphatic rings. The molecular formula is C12H16F2N2O. The summed E-state index contributed by atoms with van der Waals surface area (Å²) in [4.78, 5) is 0. The second-order valence-electron chi connectivity index (χ2n) is 4.24. The summed E-state index contributed by atoms with van der Waals surface area (Å²) in [5.41, 5.74) is 6.15. The second-order valence-corrected chi connectivity index (χ2v) is 4.24. The Morgan fingerprint density at radius 3 is 2.76 bits per heavy atom. The summed E-state index contributed by atoms with van der Waals surface area (Å²) in [6.07, 6.45) is 1.90. The van der Waals surface area contributed by atoms with Crippen LogP contribution in [0, 0.1) is 11.6 Å². The Bertz CT molecular complexity index is 406. The van der Waals surface area contributed by atoms with E-state index in [1.54, 1.807) is 0 Å². The number of ether oxygens (including phenoxy) is 1. The average Bonchev–Trinajstić information content (AvgIpc) is 2.84. The number of benzene rings is 1. The van der Waals surface area contributed by atoms with Gasteiger partial charge in [-0.05, 0) is 25.5 Å². The third-order valence-corrected chi connectivity index (χ3v) is 3.16. The van der Waals surface area contributed by atoms with Gasteiger partial charge in [-0.1, -0.05) is 0 Å². The smallest absolute Gasteiger partial charge is 0.165 e. The molecule has 1 saturated heterocycles. The van der Waals surface area contributed by atoms with Crippen LogP contribution >= 0.6 is 0 Å². The summed E-state index contributed by atoms with van der Waals surface area (Å²) >= 11 is 0. The van der Waals surface area contributed by atoms with Gasteiger partial charge in [-0.2, -0.15) is 0 Å². The number of halogens is 2. The fraction of sp³-hybridized carbons (Fsp3) is 0.500. The molecule has 0 bridgehead atoms. The van der Waals surface area contributed by atoms with E-state index in [2.05, 4.69) is 5.32 Å². The lowest BCUT2D eigenvalue weighted by Gasteiger charge is -2.20. The zero-order valence-corrected chi connectivity index (χ0v) is 9.67. The summed E-state index contributed by atoms with van der Waals surface area (Å²) in [5.74, 6) is -1.21. The van der Waals surface area contributed by atoms with Crippen LogP contribution in [0.3, 0.4) is 0 Å². The first kappa shape index (κ1) is 12.3. The Balaban J connectivity index is 2.28. The van der Waals surface area contributed by atoms with Crippen LogP contribution in [-0.2, 0) is 0 Å². The fourth-order valence-electron chi connectivity index (χ4n) is 2.19. The normalized spacial score (nSPS) is 21.5. The largest absolute Gasteiger partial charge is 0.494 e. The van der Waals surface area contributed by atoms with Crippen molar-refractivity contribution in [1.29, 1.82) is 0 Å². The topological polar surface area (TPSA) is 47.3 Å². The molecule has 1 aromatic rings. The van der Waals surface area contributed by atoms with E-state index >= 15 is 0 Å². The molecule has 1 fully saturated rings. The third-order valence-electron chi connectivity index (χ3n) is 3.16. The van der Waals surface area contributed by atoms with Crippen molar-refractivity contribution in [2.24, 2.45) is 5.73 Å². The lowest BCUT2D eigenvalue weighted by atomic mass is 9.98. The zero-order chi connectivity index (χ0) is 12.4. The maximum absolute atomic E-state index is 13.8. The van der Waals surface area contributed by atoms with Crippen LogP contribution in [0.15, 0.2) is 12.1 Å². The lowest BCUT2D eigenvalue weighted by Crippen LogP contribution is -2.34. The molecule has 2 atom stereocenters. The Morgan fingerprint density at radius 2 is 2.18 bits per heavy atom. The summed E-state index contributed by atoms with van der Waals surface area (Å²) in [6, 6.07) is 1.65. The molecule has 17 heavy (non-hydrogen) atoms. The van der Waals surface area contributed by atoms with Crippen molar-refractivity contribution in [1.82, 2.24) is 5.32 Å². The minimum Gasteiger partial charge on any atom is -0.494 e. The molecule has 1 heterocycles. The molecule has 0 aromatic heterocycles. The monoisotopic (exact) mass is 242 g/mol. The molecule has 1 aliphatic heterocycles. The molecule has 3 nitrogen and oxygen atoms in total. The van der Waals surface area contributed by atoms with Crippen molar-refractivity contribution < 1.29 is 13.5 Å². The molecule has 2 unspecified atom stereocenters. The van der Waals surface area contributed by atoms with Crippen LogP contribution in [0.25, 0.3) is 0 Å². The van der Waals surface area contributed by atoms with Crippen LogP contribution in [0.2, 0.25) is 0 Å². The van der Waals surface area contributed by atoms with Crippen molar-refractivity contribution in [3.05, 3.63) is 29.3 Å². The quantitative estimate of drug-likeness (QED) is 0.848. The molecule has 5 heteroatoms. The average molecular weight is 242 g/mol. The Labute approximate surface area is 98.9 Å². The van der Waals surface area contributed by atoms with Gasteiger partial charge in [0.1, 0.15) is 5.82 Å². The van der Waals surface area contributed by atoms with Gasteiger partial charge in [-0.25, -0.2) is 8.78 Å². The molecule has 3 N–H and O–H groups in total. The Hall–Kier alpha value is -1.20. The van der Waals surface area contributed by atoms with Gasteiger partial charge < -0.3 is 15.8 Å². The van der Waals surface area contributed by atoms with Gasteiger partial charge in [0.05, 0.1) is 7.11 Å². The van der Waals surface area contributed by atoms with Crippen molar-refractivity contribution in [2.75, 3.05) is 13.7 Å². The van der Waals surface area contributed by atoms with Crippen LogP contribution < -0.4 is 15.8 Å². The number of methoxy groups -OCH3 is 1. The summed E-state index contributed by atoms with van der Waals surface area (Å²) in [5, 5.41) is 3.18. The van der Waals surface area contributed by atoms with Crippen molar-refractivity contribution in [3.63, 3.8) is 0 Å². The molecule has 0 saturated carbocycles. The minimum absolute atomic E-state index is 0.0114. The van der Waals surface area contributed by atoms with Gasteiger partial charge >= 0.3 is 0 Å². The third kappa shape index (κ3) is 2.40. The number of hydrogen-bond acceptors (Lipinski definition) is 3. The zero-order valence-electron chi connectivity index (χ0n) is 9.67. The summed E-state index contributed by atoms with van der Waals surface area (Å²) in [7, 11) is 1.30. The minimum atomic E-state index is -0.586. The highest BCUT2D eigenvalue weighted by Crippen LogP contribution is 2.28. The van der Waals surface area contributed by atoms with E-state index in [0.29, 0.717) is 0 Å². The van der Waals surface area contributed by atoms with Gasteiger partial charge in [0, 0.05) is 23.7 Å². The van der Waals surface area contributed by atoms with Gasteiger partial charge in [-0.15, -0.1) is 0 Å². The van der Waals surface area contributed by atoms with E-state index < -0.39 is 17.7 Å². The molecule has 0 amide bonds. The van der Waals surface area contributed by atoms with Gasteiger partial charge in [0.15, 0.2) is 11.6 Å². The predicted octanol–water partition coefficient (Wildman–Crippen LogP) is 1.73. The predicted molar refractivity (Wildman–Crippen MR) is 60.9 cm³/mol. The first-order chi connectivity index (χ1) is 8.13. The van der Waals surface area contributed by atoms with Gasteiger partial charge in [-0.3, -0.25) is 0 Å². The van der Waals surface area contributed by atoms with Crippen molar-refractivity contribution >= 4 is 0 Å². The highest BCUT2D eigenvalue weighted by atomic mass is 19.1. The molecule has 0 radical (unpaired) electrons. The van der Waals surface area contributed by atoms with E-state index in [4.69, 9.17) is 10.5 Å². The first-order valence-electron chi connectivity index (χ1n) is 5.65. The highest BCUT2D eigenvalue weighted by Gasteiger charge is 2.26. The SMILES string of the molecule is COc1cc(F)c(C(N)C2CCCN2)cc1F. The lowest BCUT2D eigenvalue weighted by molar-refractivity contribution is 0.379. The maximum Gasteiger partial charge on any atom is 0.165 e. The van der Waals surface area contributed by atoms with E-state index in [9.17, 15) is 8.78 Å². The number of rotatable bonds is 3. The second kappa shape index (κ2) is 4.98. The van der Waals surface area contributed by atoms with Gasteiger partial charge in [0.25, 0.3) is 0 Å². The van der Waals surface area contributed by atoms with Gasteiger partial charge in [0.2, 0.25) is 0 Å². The Morgan fingerprint density at radius 1 is 1.41 bits per heavy atom. The highest BCUT2D eigenvalue weighted by molar-refractivity contribution is 5.33. The van der Waals surface area contributed by atoms with Crippen molar-refractivity contribution in [3.8, 4) is 5.75 Å². The van der Waals surface area contributed by atoms with Crippen LogP contribution in [0.4, 0.5) is 8.78 Å². The van der Waals surface area contributed by atoms with Crippen LogP contribution in [0.1, 0.15) is 24.4 Å². The standard InChI is InChI=1S/C12H16F2N2O/c1-17-11-6-8(13)7(5-9(11)14)12(15)10-3-2-4-16-10/h5-6,10,12,16H,2-4,15H2,1H3. The molecule has 0 aliphatic carbocycles. The van der Waals surface area contributed by atoms with E-state index in [1.807, 2.05) is 0 Å². The van der Waals surface area contributed by atoms with E-state index in [-0.39, 0.29) is 17.4 Å². The van der Waals surface area contributed by atoms with Crippen molar-refractivity contribution in [2.45, 2.75) is 24.9 Å². The van der Waals surface area contributed by atoms with Crippen LogP contribution in [0.5, 0.6) is 5.75 Å². The fourth-order valence-corrected chi connectivity index (χ4v) is 2.19. The molecule has 2 rings (SSSR count). The Kier molecular flexibility index (Phi) is 3.59. The molecular weight excluding hydrogens is 226 g/mol. The molecule has 1 aromatic carbocycles. The number of nitrogens with one attached hydrogen (secondary N) is 1. The number of hydrogen-bond donors (Lipinski definition) is 2. The first-order valence-corrected chi connectivity index (χ1v) is 5.65. The molecule has 94 valence electrons. The summed E-state index contributed by atoms with van der Waals surface area (Å²) < 4.78 is 32.0. The van der Waals surface area contributed by atoms with E-state index in [0.717, 1.165) is 31.5 Å². The maximum atomic E-state index is 13.8. The summed E-state index contributed by atoms with van der Waals surface area (Å²) in [6.45, 7) is 0.874. The number of nitrogens with two attached hydrogens (primary N) is 1.